The Morgan fingerprint density at radius 3 is 2.57 bits per heavy atom. The van der Waals surface area contributed by atoms with E-state index in [1.165, 1.54) is 7.11 Å². The highest BCUT2D eigenvalue weighted by Gasteiger charge is 2.22. The van der Waals surface area contributed by atoms with Crippen LogP contribution in [0.5, 0.6) is 0 Å². The van der Waals surface area contributed by atoms with E-state index in [1.54, 1.807) is 6.92 Å². The molecule has 124 valence electrons. The summed E-state index contributed by atoms with van der Waals surface area (Å²) >= 11 is 4.87. The van der Waals surface area contributed by atoms with Crippen LogP contribution in [0.1, 0.15) is 12.5 Å². The maximum Gasteiger partial charge on any atom is 0.333 e. The summed E-state index contributed by atoms with van der Waals surface area (Å²) in [5.74, 6) is -2.40. The molecule has 1 aromatic rings. The molecule has 0 saturated carbocycles. The number of carbonyl (C=O) groups is 2. The zero-order chi connectivity index (χ0) is 17.2. The van der Waals surface area contributed by atoms with E-state index < -0.39 is 23.8 Å². The SMILES string of the molecule is CCOC(=O)/C=C(/F)C(=S)NC(Cc1ccccc1)C(=O)OC. The fraction of sp³-hybridized carbons (Fsp3) is 0.312. The Bertz CT molecular complexity index is 589. The Labute approximate surface area is 139 Å². The molecule has 0 aliphatic heterocycles. The maximum absolute atomic E-state index is 13.8. The second-order valence-electron chi connectivity index (χ2n) is 4.48. The van der Waals surface area contributed by atoms with Crippen LogP contribution < -0.4 is 5.32 Å². The van der Waals surface area contributed by atoms with Gasteiger partial charge in [-0.2, -0.15) is 0 Å². The van der Waals surface area contributed by atoms with Crippen LogP contribution >= 0.6 is 12.2 Å². The van der Waals surface area contributed by atoms with E-state index in [1.807, 2.05) is 30.3 Å². The molecule has 0 amide bonds. The second kappa shape index (κ2) is 9.68. The van der Waals surface area contributed by atoms with Crippen molar-refractivity contribution < 1.29 is 23.5 Å². The van der Waals surface area contributed by atoms with Crippen molar-refractivity contribution in [2.75, 3.05) is 13.7 Å². The van der Waals surface area contributed by atoms with Crippen LogP contribution in [0.4, 0.5) is 4.39 Å². The molecule has 0 heterocycles. The van der Waals surface area contributed by atoms with Gasteiger partial charge in [-0.25, -0.2) is 14.0 Å². The van der Waals surface area contributed by atoms with E-state index in [9.17, 15) is 14.0 Å². The largest absolute Gasteiger partial charge is 0.467 e. The summed E-state index contributed by atoms with van der Waals surface area (Å²) < 4.78 is 23.1. The monoisotopic (exact) mass is 339 g/mol. The van der Waals surface area contributed by atoms with Crippen LogP contribution in [0.25, 0.3) is 0 Å². The predicted octanol–water partition coefficient (Wildman–Crippen LogP) is 2.10. The first-order valence-electron chi connectivity index (χ1n) is 6.94. The van der Waals surface area contributed by atoms with Crippen molar-refractivity contribution in [3.63, 3.8) is 0 Å². The molecule has 0 radical (unpaired) electrons. The Hall–Kier alpha value is -2.28. The Morgan fingerprint density at radius 2 is 2.00 bits per heavy atom. The first-order chi connectivity index (χ1) is 11.0. The van der Waals surface area contributed by atoms with Gasteiger partial charge in [0, 0.05) is 6.42 Å². The van der Waals surface area contributed by atoms with Crippen LogP contribution in [-0.4, -0.2) is 36.7 Å². The molecule has 7 heteroatoms. The van der Waals surface area contributed by atoms with Crippen LogP contribution in [0, 0.1) is 0 Å². The molecule has 0 aliphatic rings. The number of carbonyl (C=O) groups excluding carboxylic acids is 2. The van der Waals surface area contributed by atoms with Crippen LogP contribution in [0.3, 0.4) is 0 Å². The number of benzene rings is 1. The molecule has 0 bridgehead atoms. The summed E-state index contributed by atoms with van der Waals surface area (Å²) in [6.07, 6.45) is 0.899. The topological polar surface area (TPSA) is 64.6 Å². The average Bonchev–Trinajstić information content (AvgIpc) is 2.54. The van der Waals surface area contributed by atoms with Crippen molar-refractivity contribution in [2.24, 2.45) is 0 Å². The van der Waals surface area contributed by atoms with Crippen molar-refractivity contribution >= 4 is 29.1 Å². The lowest BCUT2D eigenvalue weighted by molar-refractivity contribution is -0.142. The molecule has 1 rings (SSSR count). The molecule has 1 atom stereocenters. The van der Waals surface area contributed by atoms with Crippen molar-refractivity contribution in [3.05, 3.63) is 47.8 Å². The molecule has 0 aliphatic carbocycles. The Kier molecular flexibility index (Phi) is 7.90. The Morgan fingerprint density at radius 1 is 1.35 bits per heavy atom. The molecular weight excluding hydrogens is 321 g/mol. The number of ether oxygens (including phenoxy) is 2. The van der Waals surface area contributed by atoms with E-state index in [2.05, 4.69) is 10.1 Å². The van der Waals surface area contributed by atoms with Gasteiger partial charge in [0.25, 0.3) is 0 Å². The number of nitrogens with one attached hydrogen (secondary N) is 1. The van der Waals surface area contributed by atoms with Gasteiger partial charge in [0.05, 0.1) is 19.8 Å². The summed E-state index contributed by atoms with van der Waals surface area (Å²) in [5.41, 5.74) is 0.855. The minimum absolute atomic E-state index is 0.127. The normalized spacial score (nSPS) is 12.2. The quantitative estimate of drug-likeness (QED) is 0.466. The summed E-state index contributed by atoms with van der Waals surface area (Å²) in [7, 11) is 1.23. The van der Waals surface area contributed by atoms with Crippen molar-refractivity contribution in [2.45, 2.75) is 19.4 Å². The minimum Gasteiger partial charge on any atom is -0.467 e. The maximum atomic E-state index is 13.8. The molecule has 0 aromatic heterocycles. The number of thiocarbonyl (C=S) groups is 1. The van der Waals surface area contributed by atoms with Gasteiger partial charge in [0.1, 0.15) is 11.0 Å². The molecule has 0 fully saturated rings. The lowest BCUT2D eigenvalue weighted by atomic mass is 10.1. The fourth-order valence-corrected chi connectivity index (χ4v) is 1.97. The molecule has 5 nitrogen and oxygen atoms in total. The summed E-state index contributed by atoms with van der Waals surface area (Å²) in [6.45, 7) is 1.73. The summed E-state index contributed by atoms with van der Waals surface area (Å²) in [6, 6.07) is 8.27. The number of hydrogen-bond acceptors (Lipinski definition) is 5. The first-order valence-corrected chi connectivity index (χ1v) is 7.35. The Balaban J connectivity index is 2.79. The average molecular weight is 339 g/mol. The lowest BCUT2D eigenvalue weighted by Crippen LogP contribution is -2.42. The van der Waals surface area contributed by atoms with Crippen molar-refractivity contribution in [3.8, 4) is 0 Å². The third-order valence-corrected chi connectivity index (χ3v) is 3.13. The van der Waals surface area contributed by atoms with Crippen molar-refractivity contribution in [1.82, 2.24) is 5.32 Å². The van der Waals surface area contributed by atoms with Gasteiger partial charge in [-0.15, -0.1) is 0 Å². The standard InChI is InChI=1S/C16H18FNO4S/c1-3-22-14(19)10-12(17)15(23)18-13(16(20)21-2)9-11-7-5-4-6-8-11/h4-8,10,13H,3,9H2,1-2H3,(H,18,23)/b12-10+. The molecule has 1 unspecified atom stereocenters. The van der Waals surface area contributed by atoms with Crippen LogP contribution in [-0.2, 0) is 25.5 Å². The van der Waals surface area contributed by atoms with Gasteiger partial charge in [0.15, 0.2) is 5.83 Å². The fourth-order valence-electron chi connectivity index (χ4n) is 1.77. The van der Waals surface area contributed by atoms with Gasteiger partial charge >= 0.3 is 11.9 Å². The highest BCUT2D eigenvalue weighted by molar-refractivity contribution is 7.80. The number of hydrogen-bond donors (Lipinski definition) is 1. The predicted molar refractivity (Wildman–Crippen MR) is 87.5 cm³/mol. The van der Waals surface area contributed by atoms with Gasteiger partial charge in [0.2, 0.25) is 0 Å². The van der Waals surface area contributed by atoms with E-state index in [0.717, 1.165) is 5.56 Å². The lowest BCUT2D eigenvalue weighted by Gasteiger charge is -2.17. The number of esters is 2. The number of halogens is 1. The molecular formula is C16H18FNO4S. The van der Waals surface area contributed by atoms with E-state index in [-0.39, 0.29) is 18.0 Å². The highest BCUT2D eigenvalue weighted by atomic mass is 32.1. The van der Waals surface area contributed by atoms with Gasteiger partial charge in [-0.05, 0) is 12.5 Å². The third kappa shape index (κ3) is 6.56. The zero-order valence-corrected chi connectivity index (χ0v) is 13.7. The first kappa shape index (κ1) is 18.8. The highest BCUT2D eigenvalue weighted by Crippen LogP contribution is 2.07. The summed E-state index contributed by atoms with van der Waals surface area (Å²) in [5, 5.41) is 2.57. The van der Waals surface area contributed by atoms with Crippen LogP contribution in [0.2, 0.25) is 0 Å². The minimum atomic E-state index is -0.972. The third-order valence-electron chi connectivity index (χ3n) is 2.82. The molecule has 0 saturated heterocycles. The van der Waals surface area contributed by atoms with Gasteiger partial charge in [-0.3, -0.25) is 0 Å². The van der Waals surface area contributed by atoms with E-state index >= 15 is 0 Å². The smallest absolute Gasteiger partial charge is 0.333 e. The van der Waals surface area contributed by atoms with E-state index in [4.69, 9.17) is 17.0 Å². The molecule has 0 spiro atoms. The molecule has 23 heavy (non-hydrogen) atoms. The van der Waals surface area contributed by atoms with Gasteiger partial charge in [-0.1, -0.05) is 42.5 Å². The number of methoxy groups -OCH3 is 1. The summed E-state index contributed by atoms with van der Waals surface area (Å²) in [4.78, 5) is 22.7. The second-order valence-corrected chi connectivity index (χ2v) is 4.89. The number of rotatable bonds is 7. The van der Waals surface area contributed by atoms with E-state index in [0.29, 0.717) is 6.08 Å². The zero-order valence-electron chi connectivity index (χ0n) is 12.9. The molecule has 1 N–H and O–H groups in total. The molecule has 1 aromatic carbocycles. The van der Waals surface area contributed by atoms with Crippen LogP contribution in [0.15, 0.2) is 42.2 Å². The van der Waals surface area contributed by atoms with Crippen molar-refractivity contribution in [1.29, 1.82) is 0 Å². The van der Waals surface area contributed by atoms with Gasteiger partial charge < -0.3 is 14.8 Å².